The van der Waals surface area contributed by atoms with Gasteiger partial charge in [0.15, 0.2) is 5.54 Å². The van der Waals surface area contributed by atoms with E-state index in [9.17, 15) is 8.42 Å². The molecular formula is C31H31ClN4O6S. The molecule has 1 fully saturated rings. The highest BCUT2D eigenvalue weighted by Gasteiger charge is 2.62. The number of oxazole rings is 1. The summed E-state index contributed by atoms with van der Waals surface area (Å²) in [5.74, 6) is 0.694. The molecule has 10 nitrogen and oxygen atoms in total. The van der Waals surface area contributed by atoms with E-state index < -0.39 is 27.5 Å². The standard InChI is InChI=1S/C31H31ClN4O6S/c1-33-19-20-6-13-28(41-3)25(17-20)31(35-15-4-5-27(35)29-34-14-16-42-29)24-18-21(32)7-12-26(24)36(30(31)37)43(38,39)23-10-8-22(40-2)9-11-23/h6-14,16-18,27,33H,4-5,15,19H2,1-3H3/t27?,31-/m0/s1. The van der Waals surface area contributed by atoms with Crippen LogP contribution in [0.5, 0.6) is 11.5 Å². The molecule has 2 atom stereocenters. The molecule has 43 heavy (non-hydrogen) atoms. The first-order valence-corrected chi connectivity index (χ1v) is 15.6. The number of methoxy groups -OCH3 is 2. The Hall–Kier alpha value is -3.90. The van der Waals surface area contributed by atoms with Gasteiger partial charge in [-0.25, -0.2) is 17.7 Å². The van der Waals surface area contributed by atoms with Crippen LogP contribution in [0.3, 0.4) is 0 Å². The van der Waals surface area contributed by atoms with Gasteiger partial charge in [0.05, 0.1) is 37.0 Å². The van der Waals surface area contributed by atoms with Crippen molar-refractivity contribution in [3.8, 4) is 11.5 Å². The Morgan fingerprint density at radius 2 is 1.86 bits per heavy atom. The zero-order valence-corrected chi connectivity index (χ0v) is 25.5. The van der Waals surface area contributed by atoms with E-state index in [1.54, 1.807) is 42.6 Å². The van der Waals surface area contributed by atoms with Crippen molar-refractivity contribution in [2.75, 3.05) is 32.1 Å². The first-order chi connectivity index (χ1) is 20.8. The minimum atomic E-state index is -4.39. The molecule has 1 amide bonds. The first kappa shape index (κ1) is 29.2. The van der Waals surface area contributed by atoms with Gasteiger partial charge in [-0.05, 0) is 80.1 Å². The van der Waals surface area contributed by atoms with Crippen molar-refractivity contribution in [2.24, 2.45) is 0 Å². The Morgan fingerprint density at radius 1 is 1.07 bits per heavy atom. The molecule has 0 radical (unpaired) electrons. The van der Waals surface area contributed by atoms with Crippen molar-refractivity contribution in [3.05, 3.63) is 101 Å². The van der Waals surface area contributed by atoms with Crippen LogP contribution in [-0.4, -0.2) is 52.0 Å². The fourth-order valence-electron chi connectivity index (χ4n) is 6.31. The molecule has 3 aromatic carbocycles. The largest absolute Gasteiger partial charge is 0.497 e. The highest BCUT2D eigenvalue weighted by molar-refractivity contribution is 7.93. The molecule has 0 saturated carbocycles. The van der Waals surface area contributed by atoms with Gasteiger partial charge in [-0.3, -0.25) is 9.69 Å². The van der Waals surface area contributed by atoms with Crippen LogP contribution in [0.1, 0.15) is 41.5 Å². The Labute approximate surface area is 255 Å². The van der Waals surface area contributed by atoms with Crippen LogP contribution in [0.2, 0.25) is 5.02 Å². The average Bonchev–Trinajstić information content (AvgIpc) is 3.76. The molecule has 6 rings (SSSR count). The van der Waals surface area contributed by atoms with Crippen LogP contribution in [0.4, 0.5) is 5.69 Å². The highest BCUT2D eigenvalue weighted by atomic mass is 35.5. The zero-order valence-electron chi connectivity index (χ0n) is 23.9. The van der Waals surface area contributed by atoms with E-state index in [2.05, 4.69) is 10.3 Å². The minimum Gasteiger partial charge on any atom is -0.497 e. The second kappa shape index (κ2) is 11.3. The number of fused-ring (bicyclic) bond motifs is 1. The zero-order chi connectivity index (χ0) is 30.4. The summed E-state index contributed by atoms with van der Waals surface area (Å²) in [6, 6.07) is 16.0. The fraction of sp³-hybridized carbons (Fsp3) is 0.290. The number of rotatable bonds is 9. The second-order valence-corrected chi connectivity index (χ2v) is 12.6. The van der Waals surface area contributed by atoms with Crippen LogP contribution in [0.15, 0.2) is 82.4 Å². The topological polar surface area (TPSA) is 114 Å². The Bertz CT molecular complexity index is 1760. The molecule has 2 aliphatic heterocycles. The maximum atomic E-state index is 15.3. The number of carbonyl (C=O) groups excluding carboxylic acids is 1. The Kier molecular flexibility index (Phi) is 7.67. The number of anilines is 1. The summed E-state index contributed by atoms with van der Waals surface area (Å²) in [5, 5.41) is 3.51. The molecule has 4 aromatic rings. The lowest BCUT2D eigenvalue weighted by Crippen LogP contribution is -2.54. The third kappa shape index (κ3) is 4.58. The second-order valence-electron chi connectivity index (χ2n) is 10.4. The monoisotopic (exact) mass is 622 g/mol. The number of nitrogens with zero attached hydrogens (tertiary/aromatic N) is 3. The molecule has 1 saturated heterocycles. The number of nitrogens with one attached hydrogen (secondary N) is 1. The number of halogens is 1. The number of hydrogen-bond donors (Lipinski definition) is 1. The van der Waals surface area contributed by atoms with E-state index in [-0.39, 0.29) is 10.6 Å². The summed E-state index contributed by atoms with van der Waals surface area (Å²) >= 11 is 6.61. The number of likely N-dealkylation sites (tertiary alicyclic amines) is 1. The van der Waals surface area contributed by atoms with Crippen molar-refractivity contribution in [1.29, 1.82) is 0 Å². The van der Waals surface area contributed by atoms with E-state index in [0.29, 0.717) is 53.0 Å². The summed E-state index contributed by atoms with van der Waals surface area (Å²) in [4.78, 5) is 21.7. The number of sulfonamides is 1. The number of benzene rings is 3. The van der Waals surface area contributed by atoms with E-state index in [1.807, 2.05) is 24.1 Å². The predicted octanol–water partition coefficient (Wildman–Crippen LogP) is 4.88. The maximum Gasteiger partial charge on any atom is 0.271 e. The van der Waals surface area contributed by atoms with Crippen molar-refractivity contribution < 1.29 is 27.1 Å². The molecule has 2 aliphatic rings. The third-order valence-corrected chi connectivity index (χ3v) is 10.1. The molecule has 12 heteroatoms. The molecule has 0 spiro atoms. The van der Waals surface area contributed by atoms with E-state index in [4.69, 9.17) is 25.5 Å². The number of carbonyl (C=O) groups is 1. The summed E-state index contributed by atoms with van der Waals surface area (Å²) in [6.07, 6.45) is 4.43. The summed E-state index contributed by atoms with van der Waals surface area (Å²) < 4.78 is 46.6. The van der Waals surface area contributed by atoms with Crippen LogP contribution >= 0.6 is 11.6 Å². The van der Waals surface area contributed by atoms with Gasteiger partial charge in [-0.2, -0.15) is 0 Å². The first-order valence-electron chi connectivity index (χ1n) is 13.8. The SMILES string of the molecule is CNCc1ccc(OC)c([C@]2(N3CCCC3c3ncco3)C(=O)N(S(=O)(=O)c3ccc(OC)cc3)c3ccc(Cl)cc32)c1. The van der Waals surface area contributed by atoms with Crippen LogP contribution in [0.25, 0.3) is 0 Å². The van der Waals surface area contributed by atoms with Gasteiger partial charge in [0.25, 0.3) is 15.9 Å². The number of amides is 1. The average molecular weight is 623 g/mol. The number of hydrogen-bond acceptors (Lipinski definition) is 9. The van der Waals surface area contributed by atoms with Crippen LogP contribution in [0, 0.1) is 0 Å². The van der Waals surface area contributed by atoms with E-state index >= 15 is 4.79 Å². The smallest absolute Gasteiger partial charge is 0.271 e. The van der Waals surface area contributed by atoms with Crippen molar-refractivity contribution in [3.63, 3.8) is 0 Å². The molecular weight excluding hydrogens is 592 g/mol. The lowest BCUT2D eigenvalue weighted by atomic mass is 9.80. The Balaban J connectivity index is 1.67. The molecule has 3 heterocycles. The van der Waals surface area contributed by atoms with Gasteiger partial charge >= 0.3 is 0 Å². The van der Waals surface area contributed by atoms with Gasteiger partial charge in [-0.15, -0.1) is 0 Å². The number of ether oxygens (including phenoxy) is 2. The molecule has 0 bridgehead atoms. The fourth-order valence-corrected chi connectivity index (χ4v) is 7.94. The molecule has 1 aromatic heterocycles. The molecule has 0 aliphatic carbocycles. The summed E-state index contributed by atoms with van der Waals surface area (Å²) in [7, 11) is 0.468. The van der Waals surface area contributed by atoms with E-state index in [0.717, 1.165) is 16.3 Å². The summed E-state index contributed by atoms with van der Waals surface area (Å²) in [6.45, 7) is 0.973. The highest BCUT2D eigenvalue weighted by Crippen LogP contribution is 2.56. The van der Waals surface area contributed by atoms with Gasteiger partial charge in [0.1, 0.15) is 17.8 Å². The van der Waals surface area contributed by atoms with Crippen molar-refractivity contribution in [2.45, 2.75) is 35.9 Å². The van der Waals surface area contributed by atoms with Crippen molar-refractivity contribution in [1.82, 2.24) is 15.2 Å². The normalized spacial score (nSPS) is 20.4. The van der Waals surface area contributed by atoms with Gasteiger partial charge in [-0.1, -0.05) is 17.7 Å². The van der Waals surface area contributed by atoms with Crippen LogP contribution < -0.4 is 19.1 Å². The van der Waals surface area contributed by atoms with Gasteiger partial charge < -0.3 is 19.2 Å². The maximum absolute atomic E-state index is 15.3. The Morgan fingerprint density at radius 3 is 2.53 bits per heavy atom. The van der Waals surface area contributed by atoms with E-state index in [1.165, 1.54) is 32.6 Å². The third-order valence-electron chi connectivity index (χ3n) is 8.11. The minimum absolute atomic E-state index is 0.0556. The molecule has 1 unspecified atom stereocenters. The molecule has 224 valence electrons. The number of aromatic nitrogens is 1. The van der Waals surface area contributed by atoms with Gasteiger partial charge in [0.2, 0.25) is 5.89 Å². The molecule has 1 N–H and O–H groups in total. The lowest BCUT2D eigenvalue weighted by molar-refractivity contribution is -0.127. The lowest BCUT2D eigenvalue weighted by Gasteiger charge is -2.41. The van der Waals surface area contributed by atoms with Crippen molar-refractivity contribution >= 4 is 33.2 Å². The quantitative estimate of drug-likeness (QED) is 0.279. The van der Waals surface area contributed by atoms with Gasteiger partial charge in [0, 0.05) is 29.2 Å². The predicted molar refractivity (Wildman–Crippen MR) is 161 cm³/mol. The van der Waals surface area contributed by atoms with Crippen LogP contribution in [-0.2, 0) is 26.9 Å². The summed E-state index contributed by atoms with van der Waals surface area (Å²) in [5.41, 5.74) is 0.383.